The van der Waals surface area contributed by atoms with Crippen LogP contribution in [0.1, 0.15) is 17.5 Å². The lowest BCUT2D eigenvalue weighted by atomic mass is 10.1. The molecule has 33 heavy (non-hydrogen) atoms. The molecular weight excluding hydrogens is 459 g/mol. The van der Waals surface area contributed by atoms with Gasteiger partial charge in [-0.25, -0.2) is 12.8 Å². The Morgan fingerprint density at radius 2 is 1.64 bits per heavy atom. The lowest BCUT2D eigenvalue weighted by Gasteiger charge is -2.24. The first-order valence-electron chi connectivity index (χ1n) is 10.6. The summed E-state index contributed by atoms with van der Waals surface area (Å²) in [6, 6.07) is 21.2. The van der Waals surface area contributed by atoms with E-state index in [0.29, 0.717) is 12.2 Å². The van der Waals surface area contributed by atoms with Gasteiger partial charge in [-0.2, -0.15) is 11.8 Å². The number of para-hydroxylation sites is 1. The number of thioether (sulfide) groups is 1. The molecule has 0 fully saturated rings. The highest BCUT2D eigenvalue weighted by Gasteiger charge is 2.27. The highest BCUT2D eigenvalue weighted by atomic mass is 32.2. The van der Waals surface area contributed by atoms with E-state index in [2.05, 4.69) is 24.4 Å². The minimum Gasteiger partial charge on any atom is -0.354 e. The molecule has 0 aliphatic rings. The van der Waals surface area contributed by atoms with Crippen molar-refractivity contribution in [3.63, 3.8) is 0 Å². The molecule has 0 radical (unpaired) electrons. The van der Waals surface area contributed by atoms with Gasteiger partial charge in [0.15, 0.2) is 0 Å². The van der Waals surface area contributed by atoms with Crippen LogP contribution in [0, 0.1) is 12.7 Å². The van der Waals surface area contributed by atoms with Crippen LogP contribution in [0.15, 0.2) is 83.8 Å². The van der Waals surface area contributed by atoms with E-state index in [0.717, 1.165) is 34.4 Å². The summed E-state index contributed by atoms with van der Waals surface area (Å²) in [6.07, 6.45) is 0.776. The Bertz CT molecular complexity index is 1150. The van der Waals surface area contributed by atoms with Crippen molar-refractivity contribution >= 4 is 33.4 Å². The molecule has 3 aromatic rings. The van der Waals surface area contributed by atoms with E-state index in [-0.39, 0.29) is 11.4 Å². The standard InChI is InChI=1S/C25H27FN2O3S2/c1-20-8-5-6-9-21(20)19-32-17-7-16-27-25(29)18-28(23-10-3-2-4-11-23)33(30,31)24-14-12-22(26)13-15-24/h2-6,8-15H,7,16-19H2,1H3,(H,27,29). The summed E-state index contributed by atoms with van der Waals surface area (Å²) in [5, 5.41) is 2.81. The maximum absolute atomic E-state index is 13.3. The molecule has 0 atom stereocenters. The van der Waals surface area contributed by atoms with Crippen molar-refractivity contribution in [3.8, 4) is 0 Å². The van der Waals surface area contributed by atoms with Gasteiger partial charge in [0.1, 0.15) is 12.4 Å². The van der Waals surface area contributed by atoms with Gasteiger partial charge in [0, 0.05) is 12.3 Å². The van der Waals surface area contributed by atoms with Crippen LogP contribution in [-0.4, -0.2) is 33.2 Å². The number of hydrogen-bond acceptors (Lipinski definition) is 4. The second kappa shape index (κ2) is 11.9. The molecule has 3 rings (SSSR count). The minimum absolute atomic E-state index is 0.0758. The largest absolute Gasteiger partial charge is 0.354 e. The lowest BCUT2D eigenvalue weighted by Crippen LogP contribution is -2.41. The van der Waals surface area contributed by atoms with Gasteiger partial charge in [-0.05, 0) is 66.6 Å². The molecular formula is C25H27FN2O3S2. The Morgan fingerprint density at radius 3 is 2.33 bits per heavy atom. The first kappa shape index (κ1) is 24.8. The summed E-state index contributed by atoms with van der Waals surface area (Å²) in [7, 11) is -4.04. The molecule has 0 heterocycles. The van der Waals surface area contributed by atoms with Crippen molar-refractivity contribution in [1.82, 2.24) is 5.32 Å². The quantitative estimate of drug-likeness (QED) is 0.397. The number of rotatable bonds is 11. The van der Waals surface area contributed by atoms with E-state index >= 15 is 0 Å². The topological polar surface area (TPSA) is 66.5 Å². The average Bonchev–Trinajstić information content (AvgIpc) is 2.81. The average molecular weight is 487 g/mol. The number of nitrogens with one attached hydrogen (secondary N) is 1. The number of carbonyl (C=O) groups excluding carboxylic acids is 1. The SMILES string of the molecule is Cc1ccccc1CSCCCNC(=O)CN(c1ccccc1)S(=O)(=O)c1ccc(F)cc1. The van der Waals surface area contributed by atoms with Gasteiger partial charge in [-0.1, -0.05) is 42.5 Å². The summed E-state index contributed by atoms with van der Waals surface area (Å²) in [4.78, 5) is 12.5. The van der Waals surface area contributed by atoms with Crippen LogP contribution in [0.25, 0.3) is 0 Å². The molecule has 1 N–H and O–H groups in total. The Kier molecular flexibility index (Phi) is 8.91. The van der Waals surface area contributed by atoms with E-state index in [1.807, 2.05) is 12.1 Å². The summed E-state index contributed by atoms with van der Waals surface area (Å²) in [5.41, 5.74) is 2.93. The predicted molar refractivity (Wildman–Crippen MR) is 132 cm³/mol. The van der Waals surface area contributed by atoms with Gasteiger partial charge >= 0.3 is 0 Å². The zero-order valence-corrected chi connectivity index (χ0v) is 20.0. The molecule has 0 spiro atoms. The maximum atomic E-state index is 13.3. The lowest BCUT2D eigenvalue weighted by molar-refractivity contribution is -0.119. The van der Waals surface area contributed by atoms with Gasteiger partial charge in [-0.3, -0.25) is 9.10 Å². The van der Waals surface area contributed by atoms with Gasteiger partial charge in [0.25, 0.3) is 10.0 Å². The molecule has 0 bridgehead atoms. The number of halogens is 1. The van der Waals surface area contributed by atoms with Crippen molar-refractivity contribution in [2.24, 2.45) is 0 Å². The van der Waals surface area contributed by atoms with Crippen LogP contribution in [0.3, 0.4) is 0 Å². The van der Waals surface area contributed by atoms with Gasteiger partial charge in [0.2, 0.25) is 5.91 Å². The van der Waals surface area contributed by atoms with E-state index in [4.69, 9.17) is 0 Å². The molecule has 8 heteroatoms. The number of benzene rings is 3. The van der Waals surface area contributed by atoms with Crippen molar-refractivity contribution in [2.45, 2.75) is 24.0 Å². The van der Waals surface area contributed by atoms with Gasteiger partial charge < -0.3 is 5.32 Å². The number of sulfonamides is 1. The number of amides is 1. The van der Waals surface area contributed by atoms with Crippen molar-refractivity contribution in [2.75, 3.05) is 23.1 Å². The molecule has 0 saturated heterocycles. The molecule has 1 amide bonds. The molecule has 0 aromatic heterocycles. The second-order valence-corrected chi connectivity index (χ2v) is 10.5. The van der Waals surface area contributed by atoms with Gasteiger partial charge in [0.05, 0.1) is 10.6 Å². The van der Waals surface area contributed by atoms with E-state index < -0.39 is 21.7 Å². The molecule has 0 saturated carbocycles. The van der Waals surface area contributed by atoms with Crippen molar-refractivity contribution in [1.29, 1.82) is 0 Å². The monoisotopic (exact) mass is 486 g/mol. The molecule has 0 aliphatic heterocycles. The fourth-order valence-electron chi connectivity index (χ4n) is 3.19. The third-order valence-corrected chi connectivity index (χ3v) is 7.92. The fraction of sp³-hybridized carbons (Fsp3) is 0.240. The van der Waals surface area contributed by atoms with Crippen LogP contribution < -0.4 is 9.62 Å². The molecule has 5 nitrogen and oxygen atoms in total. The Labute approximate surface area is 199 Å². The van der Waals surface area contributed by atoms with E-state index in [1.165, 1.54) is 23.3 Å². The highest BCUT2D eigenvalue weighted by Crippen LogP contribution is 2.23. The fourth-order valence-corrected chi connectivity index (χ4v) is 5.64. The predicted octanol–water partition coefficient (Wildman–Crippen LogP) is 4.77. The van der Waals surface area contributed by atoms with Crippen molar-refractivity contribution in [3.05, 3.63) is 95.8 Å². The molecule has 0 aliphatic carbocycles. The van der Waals surface area contributed by atoms with Crippen LogP contribution in [0.5, 0.6) is 0 Å². The Balaban J connectivity index is 1.56. The number of nitrogens with zero attached hydrogens (tertiary/aromatic N) is 1. The van der Waals surface area contributed by atoms with Crippen LogP contribution >= 0.6 is 11.8 Å². The minimum atomic E-state index is -4.04. The Hall–Kier alpha value is -2.84. The summed E-state index contributed by atoms with van der Waals surface area (Å²) in [6.45, 7) is 2.19. The Morgan fingerprint density at radius 1 is 0.970 bits per heavy atom. The highest BCUT2D eigenvalue weighted by molar-refractivity contribution is 7.98. The summed E-state index contributed by atoms with van der Waals surface area (Å²) < 4.78 is 40.7. The number of anilines is 1. The third-order valence-electron chi connectivity index (χ3n) is 5.04. The van der Waals surface area contributed by atoms with E-state index in [9.17, 15) is 17.6 Å². The first-order chi connectivity index (χ1) is 15.9. The number of carbonyl (C=O) groups is 1. The number of hydrogen-bond donors (Lipinski definition) is 1. The van der Waals surface area contributed by atoms with Gasteiger partial charge in [-0.15, -0.1) is 0 Å². The normalized spacial score (nSPS) is 11.2. The molecule has 174 valence electrons. The third kappa shape index (κ3) is 7.07. The van der Waals surface area contributed by atoms with Crippen LogP contribution in [0.2, 0.25) is 0 Å². The smallest absolute Gasteiger partial charge is 0.264 e. The van der Waals surface area contributed by atoms with Crippen molar-refractivity contribution < 1.29 is 17.6 Å². The number of aryl methyl sites for hydroxylation is 1. The van der Waals surface area contributed by atoms with Crippen LogP contribution in [0.4, 0.5) is 10.1 Å². The summed E-state index contributed by atoms with van der Waals surface area (Å²) in [5.74, 6) is 0.870. The van der Waals surface area contributed by atoms with E-state index in [1.54, 1.807) is 42.1 Å². The van der Waals surface area contributed by atoms with Crippen LogP contribution in [-0.2, 0) is 20.6 Å². The molecule has 0 unspecified atom stereocenters. The maximum Gasteiger partial charge on any atom is 0.264 e. The zero-order valence-electron chi connectivity index (χ0n) is 18.4. The molecule has 3 aromatic carbocycles. The zero-order chi connectivity index (χ0) is 23.7. The second-order valence-electron chi connectivity index (χ2n) is 7.48. The first-order valence-corrected chi connectivity index (χ1v) is 13.2. The summed E-state index contributed by atoms with van der Waals surface area (Å²) >= 11 is 1.80.